The van der Waals surface area contributed by atoms with Gasteiger partial charge in [0.1, 0.15) is 5.60 Å². The average Bonchev–Trinajstić information content (AvgIpc) is 3.38. The number of phenols is 1. The SMILES string of the molecule is O=C1CCC2(OS(=O)(=O)F)C3Cc4ccc(O)c5c4[C@@]2(CCN3CC2CC2)[C@H]1O5. The molecule has 5 aliphatic rings. The number of nitrogens with zero attached hydrogens (tertiary/aromatic N) is 1. The Hall–Kier alpha value is -1.71. The van der Waals surface area contributed by atoms with Gasteiger partial charge in [-0.2, -0.15) is 8.42 Å². The minimum Gasteiger partial charge on any atom is -0.504 e. The normalized spacial score (nSPS) is 37.9. The molecule has 2 saturated carbocycles. The highest BCUT2D eigenvalue weighted by atomic mass is 32.3. The van der Waals surface area contributed by atoms with Crippen LogP contribution in [-0.2, 0) is 31.3 Å². The number of Topliss-reactive ketones (excluding diaryl/α,β-unsaturated/α-hetero) is 1. The Balaban J connectivity index is 1.62. The molecule has 2 bridgehead atoms. The van der Waals surface area contributed by atoms with E-state index in [1.807, 2.05) is 6.07 Å². The number of halogens is 1. The van der Waals surface area contributed by atoms with Gasteiger partial charge >= 0.3 is 10.5 Å². The van der Waals surface area contributed by atoms with Crippen LogP contribution in [0.2, 0.25) is 0 Å². The van der Waals surface area contributed by atoms with Crippen molar-refractivity contribution in [3.63, 3.8) is 0 Å². The zero-order chi connectivity index (χ0) is 20.2. The minimum absolute atomic E-state index is 0.0553. The number of hydrogen-bond donors (Lipinski definition) is 1. The second-order valence-corrected chi connectivity index (χ2v) is 10.1. The molecular formula is C20H22FNO6S. The number of ketones is 1. The van der Waals surface area contributed by atoms with E-state index in [0.717, 1.165) is 24.9 Å². The summed E-state index contributed by atoms with van der Waals surface area (Å²) in [6.45, 7) is 1.47. The van der Waals surface area contributed by atoms with Crippen LogP contribution in [0.5, 0.6) is 11.5 Å². The van der Waals surface area contributed by atoms with Crippen LogP contribution >= 0.6 is 0 Å². The summed E-state index contributed by atoms with van der Waals surface area (Å²) in [6.07, 6.45) is 2.38. The highest BCUT2D eigenvalue weighted by molar-refractivity contribution is 7.81. The number of carbonyl (C=O) groups is 1. The van der Waals surface area contributed by atoms with Gasteiger partial charge < -0.3 is 9.84 Å². The topological polar surface area (TPSA) is 93.1 Å². The third-order valence-corrected chi connectivity index (χ3v) is 8.26. The van der Waals surface area contributed by atoms with E-state index in [2.05, 4.69) is 4.90 Å². The predicted octanol–water partition coefficient (Wildman–Crippen LogP) is 1.76. The van der Waals surface area contributed by atoms with Crippen molar-refractivity contribution in [3.8, 4) is 11.5 Å². The molecule has 9 heteroatoms. The van der Waals surface area contributed by atoms with E-state index >= 15 is 0 Å². The lowest BCUT2D eigenvalue weighted by Crippen LogP contribution is -2.77. The maximum absolute atomic E-state index is 14.1. The summed E-state index contributed by atoms with van der Waals surface area (Å²) in [5.74, 6) is 0.552. The van der Waals surface area contributed by atoms with Crippen molar-refractivity contribution in [2.75, 3.05) is 13.1 Å². The van der Waals surface area contributed by atoms with Gasteiger partial charge in [-0.05, 0) is 56.2 Å². The van der Waals surface area contributed by atoms with E-state index in [1.54, 1.807) is 6.07 Å². The fourth-order valence-electron chi connectivity index (χ4n) is 6.58. The molecule has 156 valence electrons. The summed E-state index contributed by atoms with van der Waals surface area (Å²) in [5.41, 5.74) is -0.968. The number of rotatable bonds is 4. The van der Waals surface area contributed by atoms with Gasteiger partial charge in [-0.1, -0.05) is 9.95 Å². The lowest BCUT2D eigenvalue weighted by Gasteiger charge is -2.63. The molecule has 7 nitrogen and oxygen atoms in total. The summed E-state index contributed by atoms with van der Waals surface area (Å²) in [5, 5.41) is 10.4. The van der Waals surface area contributed by atoms with Crippen LogP contribution in [0, 0.1) is 5.92 Å². The Morgan fingerprint density at radius 1 is 1.31 bits per heavy atom. The molecule has 1 aromatic rings. The van der Waals surface area contributed by atoms with E-state index in [4.69, 9.17) is 8.92 Å². The van der Waals surface area contributed by atoms with Gasteiger partial charge in [0.2, 0.25) is 0 Å². The molecule has 1 saturated heterocycles. The molecule has 6 rings (SSSR count). The first-order valence-corrected chi connectivity index (χ1v) is 11.5. The second kappa shape index (κ2) is 5.50. The van der Waals surface area contributed by atoms with Crippen molar-refractivity contribution in [2.45, 2.75) is 61.7 Å². The van der Waals surface area contributed by atoms with Crippen molar-refractivity contribution in [1.82, 2.24) is 4.90 Å². The summed E-state index contributed by atoms with van der Waals surface area (Å²) in [4.78, 5) is 15.1. The highest BCUT2D eigenvalue weighted by Crippen LogP contribution is 2.66. The maximum atomic E-state index is 14.1. The van der Waals surface area contributed by atoms with Crippen LogP contribution in [0.3, 0.4) is 0 Å². The Morgan fingerprint density at radius 2 is 2.10 bits per heavy atom. The van der Waals surface area contributed by atoms with Crippen LogP contribution < -0.4 is 4.74 Å². The van der Waals surface area contributed by atoms with Crippen LogP contribution in [0.4, 0.5) is 3.89 Å². The van der Waals surface area contributed by atoms with Gasteiger partial charge in [0.15, 0.2) is 23.4 Å². The van der Waals surface area contributed by atoms with Gasteiger partial charge in [0.25, 0.3) is 0 Å². The van der Waals surface area contributed by atoms with E-state index < -0.39 is 27.6 Å². The summed E-state index contributed by atoms with van der Waals surface area (Å²) in [7, 11) is -5.27. The third kappa shape index (κ3) is 2.24. The molecule has 4 atom stereocenters. The Morgan fingerprint density at radius 3 is 2.83 bits per heavy atom. The fourth-order valence-corrected chi connectivity index (χ4v) is 7.28. The first-order chi connectivity index (χ1) is 13.8. The van der Waals surface area contributed by atoms with E-state index in [1.165, 1.54) is 0 Å². The standard InChI is InChI=1S/C20H22FNO6S/c21-29(25,26)28-20-6-5-14(24)18-19(20)7-8-22(10-11-1-2-11)15(20)9-12-3-4-13(23)17(27-18)16(12)19/h3-4,11,15,18,23H,1-2,5-10H2/t15?,18-,19-,20?/m0/s1. The lowest BCUT2D eigenvalue weighted by molar-refractivity contribution is -0.177. The number of phenolic OH excluding ortho intramolecular Hbond substituents is 1. The summed E-state index contributed by atoms with van der Waals surface area (Å²) < 4.78 is 49.1. The largest absolute Gasteiger partial charge is 0.504 e. The Kier molecular flexibility index (Phi) is 3.43. The quantitative estimate of drug-likeness (QED) is 0.738. The molecule has 3 fully saturated rings. The number of likely N-dealkylation sites (tertiary alicyclic amines) is 1. The number of ether oxygens (including phenoxy) is 1. The Bertz CT molecular complexity index is 1040. The van der Waals surface area contributed by atoms with Crippen molar-refractivity contribution >= 4 is 16.3 Å². The summed E-state index contributed by atoms with van der Waals surface area (Å²) >= 11 is 0. The molecule has 0 radical (unpaired) electrons. The monoisotopic (exact) mass is 423 g/mol. The first-order valence-electron chi connectivity index (χ1n) is 10.2. The van der Waals surface area contributed by atoms with Crippen molar-refractivity contribution in [2.24, 2.45) is 5.92 Å². The molecule has 2 aliphatic heterocycles. The number of aromatic hydroxyl groups is 1. The number of hydrogen-bond acceptors (Lipinski definition) is 7. The van der Waals surface area contributed by atoms with Gasteiger partial charge in [-0.25, -0.2) is 4.18 Å². The Labute approximate surface area is 168 Å². The van der Waals surface area contributed by atoms with E-state index in [9.17, 15) is 22.2 Å². The molecule has 2 heterocycles. The van der Waals surface area contributed by atoms with Crippen molar-refractivity contribution in [3.05, 3.63) is 23.3 Å². The van der Waals surface area contributed by atoms with Crippen LogP contribution in [-0.4, -0.2) is 55.0 Å². The highest BCUT2D eigenvalue weighted by Gasteiger charge is 2.75. The molecule has 2 unspecified atom stereocenters. The number of benzene rings is 1. The van der Waals surface area contributed by atoms with E-state index in [0.29, 0.717) is 30.9 Å². The van der Waals surface area contributed by atoms with Gasteiger partial charge in [-0.3, -0.25) is 9.69 Å². The lowest BCUT2D eigenvalue weighted by atomic mass is 9.49. The average molecular weight is 423 g/mol. The van der Waals surface area contributed by atoms with Crippen LogP contribution in [0.15, 0.2) is 12.1 Å². The maximum Gasteiger partial charge on any atom is 0.438 e. The minimum atomic E-state index is -5.27. The number of piperidine rings is 1. The van der Waals surface area contributed by atoms with E-state index in [-0.39, 0.29) is 36.2 Å². The van der Waals surface area contributed by atoms with Gasteiger partial charge in [0, 0.05) is 24.6 Å². The molecule has 0 amide bonds. The molecule has 1 spiro atoms. The first kappa shape index (κ1) is 18.1. The summed E-state index contributed by atoms with van der Waals surface area (Å²) in [6, 6.07) is 2.99. The molecule has 29 heavy (non-hydrogen) atoms. The smallest absolute Gasteiger partial charge is 0.438 e. The zero-order valence-corrected chi connectivity index (χ0v) is 16.6. The van der Waals surface area contributed by atoms with Crippen LogP contribution in [0.1, 0.15) is 43.2 Å². The second-order valence-electron chi connectivity index (χ2n) is 9.16. The van der Waals surface area contributed by atoms with Crippen molar-refractivity contribution < 1.29 is 31.1 Å². The van der Waals surface area contributed by atoms with Crippen molar-refractivity contribution in [1.29, 1.82) is 0 Å². The fraction of sp³-hybridized carbons (Fsp3) is 0.650. The zero-order valence-electron chi connectivity index (χ0n) is 15.8. The predicted molar refractivity (Wildman–Crippen MR) is 98.7 cm³/mol. The molecular weight excluding hydrogens is 401 g/mol. The van der Waals surface area contributed by atoms with Crippen LogP contribution in [0.25, 0.3) is 0 Å². The molecule has 1 N–H and O–H groups in total. The molecule has 1 aromatic carbocycles. The molecule has 0 aromatic heterocycles. The third-order valence-electron chi connectivity index (χ3n) is 7.77. The molecule has 3 aliphatic carbocycles. The number of carbonyl (C=O) groups excluding carboxylic acids is 1. The van der Waals surface area contributed by atoms with Gasteiger partial charge in [-0.15, -0.1) is 0 Å². The van der Waals surface area contributed by atoms with Gasteiger partial charge in [0.05, 0.1) is 5.41 Å².